The second-order valence-corrected chi connectivity index (χ2v) is 10.7. The number of phenols is 2. The van der Waals surface area contributed by atoms with Gasteiger partial charge in [0.1, 0.15) is 11.8 Å². The number of fused-ring (bicyclic) bond motifs is 1. The molecule has 2 amide bonds. The van der Waals surface area contributed by atoms with Crippen molar-refractivity contribution in [3.8, 4) is 17.2 Å². The Bertz CT molecular complexity index is 1550. The molecule has 16 heteroatoms. The van der Waals surface area contributed by atoms with Gasteiger partial charge in [-0.25, -0.2) is 4.79 Å². The van der Waals surface area contributed by atoms with Crippen molar-refractivity contribution in [2.24, 2.45) is 0 Å². The van der Waals surface area contributed by atoms with Crippen molar-refractivity contribution < 1.29 is 53.7 Å². The molecule has 208 valence electrons. The fraction of sp³-hybridized carbons (Fsp3) is 0.125. The van der Waals surface area contributed by atoms with Crippen molar-refractivity contribution in [2.45, 2.75) is 18.4 Å². The van der Waals surface area contributed by atoms with Gasteiger partial charge < -0.3 is 45.4 Å². The molecule has 1 aliphatic heterocycles. The summed E-state index contributed by atoms with van der Waals surface area (Å²) in [6, 6.07) is 9.50. The van der Waals surface area contributed by atoms with E-state index in [0.29, 0.717) is 5.56 Å². The van der Waals surface area contributed by atoms with Gasteiger partial charge in [-0.15, -0.1) is 0 Å². The van der Waals surface area contributed by atoms with E-state index in [9.17, 15) is 49.1 Å². The maximum Gasteiger partial charge on any atom is 0.547 e. The third-order valence-electron chi connectivity index (χ3n) is 6.12. The van der Waals surface area contributed by atoms with E-state index in [2.05, 4.69) is 10.6 Å². The van der Waals surface area contributed by atoms with E-state index in [1.165, 1.54) is 24.3 Å². The Hall–Kier alpha value is -4.07. The van der Waals surface area contributed by atoms with Crippen LogP contribution in [0.5, 0.6) is 17.2 Å². The molecule has 1 aliphatic rings. The van der Waals surface area contributed by atoms with Crippen LogP contribution in [0, 0.1) is 0 Å². The number of para-hydroxylation sites is 1. The number of carbonyl (C=O) groups is 3. The number of nitrogens with one attached hydrogen (secondary N) is 2. The second kappa shape index (κ2) is 11.2. The lowest BCUT2D eigenvalue weighted by molar-refractivity contribution is -0.123. The molecule has 4 rings (SSSR count). The van der Waals surface area contributed by atoms with Gasteiger partial charge in [0.05, 0.1) is 27.4 Å². The molecule has 0 bridgehead atoms. The van der Waals surface area contributed by atoms with Gasteiger partial charge in [-0.05, 0) is 47.9 Å². The molecule has 0 saturated carbocycles. The van der Waals surface area contributed by atoms with Gasteiger partial charge in [0.2, 0.25) is 5.91 Å². The molecule has 2 atom stereocenters. The molecule has 13 nitrogen and oxygen atoms in total. The predicted molar refractivity (Wildman–Crippen MR) is 141 cm³/mol. The van der Waals surface area contributed by atoms with Gasteiger partial charge in [-0.2, -0.15) is 0 Å². The number of carbonyl (C=O) groups excluding carboxylic acids is 2. The van der Waals surface area contributed by atoms with Gasteiger partial charge in [0.15, 0.2) is 11.5 Å². The Morgan fingerprint density at radius 1 is 1.02 bits per heavy atom. The fourth-order valence-corrected chi connectivity index (χ4v) is 4.87. The van der Waals surface area contributed by atoms with E-state index in [4.69, 9.17) is 16.3 Å². The highest BCUT2D eigenvalue weighted by Crippen LogP contribution is 2.36. The molecule has 3 aromatic rings. The molecule has 0 unspecified atom stereocenters. The minimum Gasteiger partial charge on any atom is -0.534 e. The summed E-state index contributed by atoms with van der Waals surface area (Å²) in [4.78, 5) is 56.8. The van der Waals surface area contributed by atoms with Crippen molar-refractivity contribution >= 4 is 49.4 Å². The Morgan fingerprint density at radius 2 is 1.70 bits per heavy atom. The number of halogens is 1. The van der Waals surface area contributed by atoms with Gasteiger partial charge in [-0.3, -0.25) is 14.2 Å². The number of rotatable bonds is 7. The normalized spacial score (nSPS) is 15.4. The maximum absolute atomic E-state index is 13.4. The smallest absolute Gasteiger partial charge is 0.534 e. The molecule has 0 aliphatic carbocycles. The zero-order valence-corrected chi connectivity index (χ0v) is 21.8. The molecule has 0 spiro atoms. The van der Waals surface area contributed by atoms with Crippen LogP contribution in [0.4, 0.5) is 0 Å². The van der Waals surface area contributed by atoms with Crippen LogP contribution in [-0.2, 0) is 15.8 Å². The van der Waals surface area contributed by atoms with Crippen LogP contribution in [0.1, 0.15) is 37.9 Å². The molecule has 0 radical (unpaired) electrons. The van der Waals surface area contributed by atoms with E-state index >= 15 is 0 Å². The summed E-state index contributed by atoms with van der Waals surface area (Å²) < 4.78 is 17.0. The summed E-state index contributed by atoms with van der Waals surface area (Å²) in [6.07, 6.45) is -0.0289. The van der Waals surface area contributed by atoms with Crippen molar-refractivity contribution in [1.82, 2.24) is 10.6 Å². The number of aromatic hydroxyl groups is 2. The molecule has 3 aromatic carbocycles. The third-order valence-corrected chi connectivity index (χ3v) is 7.47. The minimum atomic E-state index is -4.61. The van der Waals surface area contributed by atoms with E-state index < -0.39 is 61.0 Å². The van der Waals surface area contributed by atoms with E-state index in [1.54, 1.807) is 6.07 Å². The number of amides is 2. The SMILES string of the molecule is O=C(N[C@@H](C(=O)N[C@H]1Cc2cccc(C(=O)O)c2OB1O)c1ccc(P(=O)(O)O)cc1)c1ccc(O)c(O)c1Cl. The highest BCUT2D eigenvalue weighted by atomic mass is 35.5. The second-order valence-electron chi connectivity index (χ2n) is 8.76. The monoisotopic (exact) mass is 590 g/mol. The minimum absolute atomic E-state index is 0.0289. The van der Waals surface area contributed by atoms with Crippen molar-refractivity contribution in [1.29, 1.82) is 0 Å². The molecule has 8 N–H and O–H groups in total. The van der Waals surface area contributed by atoms with Gasteiger partial charge in [-0.1, -0.05) is 35.9 Å². The lowest BCUT2D eigenvalue weighted by atomic mass is 9.72. The summed E-state index contributed by atoms with van der Waals surface area (Å²) in [5, 5.41) is 43.5. The third kappa shape index (κ3) is 5.91. The molecular weight excluding hydrogens is 570 g/mol. The zero-order valence-electron chi connectivity index (χ0n) is 20.2. The first-order valence-corrected chi connectivity index (χ1v) is 13.4. The topological polar surface area (TPSA) is 223 Å². The zero-order chi connectivity index (χ0) is 29.4. The van der Waals surface area contributed by atoms with E-state index in [0.717, 1.165) is 24.3 Å². The quantitative estimate of drug-likeness (QED) is 0.109. The molecular formula is C24H21BClN2O11P. The Labute approximate surface area is 231 Å². The average Bonchev–Trinajstić information content (AvgIpc) is 2.90. The van der Waals surface area contributed by atoms with Crippen LogP contribution in [0.2, 0.25) is 5.02 Å². The van der Waals surface area contributed by atoms with E-state index in [1.807, 2.05) is 0 Å². The van der Waals surface area contributed by atoms with Gasteiger partial charge >= 0.3 is 20.7 Å². The fourth-order valence-electron chi connectivity index (χ4n) is 4.08. The van der Waals surface area contributed by atoms with Gasteiger partial charge in [0.25, 0.3) is 5.91 Å². The Morgan fingerprint density at radius 3 is 2.33 bits per heavy atom. The number of phenolic OH excluding ortho intramolecular Hbond substituents is 2. The van der Waals surface area contributed by atoms with Crippen LogP contribution < -0.4 is 20.6 Å². The standard InChI is InChI=1S/C24H21BClN2O11P/c26-18-14(8-9-16(29)20(18)30)22(31)28-19(11-4-6-13(7-5-11)40(36,37)38)23(32)27-17-10-12-2-1-3-15(24(33)34)21(12)39-25(17)35/h1-9,17,19,29-30,35H,10H2,(H,27,32)(H,28,31)(H,33,34)(H2,36,37,38)/t17-,19+/m0/s1. The highest BCUT2D eigenvalue weighted by Gasteiger charge is 2.39. The molecule has 0 fully saturated rings. The number of hydrogen-bond donors (Lipinski definition) is 8. The Balaban J connectivity index is 1.64. The highest BCUT2D eigenvalue weighted by molar-refractivity contribution is 7.60. The first-order chi connectivity index (χ1) is 18.8. The first kappa shape index (κ1) is 28.9. The number of carboxylic acid groups (broad SMARTS) is 1. The number of benzene rings is 3. The average molecular weight is 591 g/mol. The van der Waals surface area contributed by atoms with E-state index in [-0.39, 0.29) is 34.2 Å². The Kier molecular flexibility index (Phi) is 8.10. The molecule has 1 heterocycles. The van der Waals surface area contributed by atoms with Crippen LogP contribution in [0.3, 0.4) is 0 Å². The number of aromatic carboxylic acids is 1. The molecule has 0 saturated heterocycles. The first-order valence-electron chi connectivity index (χ1n) is 11.5. The number of hydrogen-bond acceptors (Lipinski definition) is 8. The van der Waals surface area contributed by atoms with Crippen LogP contribution in [0.25, 0.3) is 0 Å². The lowest BCUT2D eigenvalue weighted by Crippen LogP contribution is -2.55. The van der Waals surface area contributed by atoms with Crippen molar-refractivity contribution in [3.05, 3.63) is 81.9 Å². The predicted octanol–water partition coefficient (Wildman–Crippen LogP) is 0.863. The van der Waals surface area contributed by atoms with Gasteiger partial charge in [0, 0.05) is 0 Å². The number of carboxylic acids is 1. The van der Waals surface area contributed by atoms with Crippen LogP contribution in [-0.4, -0.2) is 61.0 Å². The summed E-state index contributed by atoms with van der Waals surface area (Å²) in [6.45, 7) is 0. The summed E-state index contributed by atoms with van der Waals surface area (Å²) in [5.41, 5.74) is 0.0128. The van der Waals surface area contributed by atoms with Crippen LogP contribution in [0.15, 0.2) is 54.6 Å². The molecule has 40 heavy (non-hydrogen) atoms. The summed E-state index contributed by atoms with van der Waals surface area (Å²) in [7, 11) is -6.27. The lowest BCUT2D eigenvalue weighted by Gasteiger charge is -2.30. The molecule has 0 aromatic heterocycles. The van der Waals surface area contributed by atoms with Crippen molar-refractivity contribution in [3.63, 3.8) is 0 Å². The summed E-state index contributed by atoms with van der Waals surface area (Å²) >= 11 is 5.98. The van der Waals surface area contributed by atoms with Crippen LogP contribution >= 0.6 is 19.2 Å². The largest absolute Gasteiger partial charge is 0.547 e. The summed E-state index contributed by atoms with van der Waals surface area (Å²) in [5.74, 6) is -5.57. The maximum atomic E-state index is 13.4. The van der Waals surface area contributed by atoms with Crippen molar-refractivity contribution in [2.75, 3.05) is 0 Å².